The van der Waals surface area contributed by atoms with Gasteiger partial charge in [0.1, 0.15) is 11.1 Å². The molecule has 0 aliphatic carbocycles. The molecule has 0 saturated heterocycles. The minimum absolute atomic E-state index is 0.0332. The zero-order chi connectivity index (χ0) is 20.0. The lowest BCUT2D eigenvalue weighted by atomic mass is 10.1. The van der Waals surface area contributed by atoms with E-state index in [9.17, 15) is 24.5 Å². The minimum atomic E-state index is -1.27. The molecule has 0 bridgehead atoms. The highest BCUT2D eigenvalue weighted by molar-refractivity contribution is 5.91. The highest BCUT2D eigenvalue weighted by Gasteiger charge is 2.11. The first-order chi connectivity index (χ1) is 12.8. The van der Waals surface area contributed by atoms with Gasteiger partial charge >= 0.3 is 17.6 Å². The third kappa shape index (κ3) is 5.23. The fourth-order valence-corrected chi connectivity index (χ4v) is 2.12. The molecule has 0 aliphatic heterocycles. The highest BCUT2D eigenvalue weighted by Crippen LogP contribution is 2.13. The first-order valence-electron chi connectivity index (χ1n) is 7.49. The quantitative estimate of drug-likeness (QED) is 0.404. The number of carboxylic acid groups (broad SMARTS) is 2. The first-order valence-corrected chi connectivity index (χ1v) is 7.49. The van der Waals surface area contributed by atoms with Gasteiger partial charge in [-0.3, -0.25) is 14.9 Å². The van der Waals surface area contributed by atoms with Crippen molar-refractivity contribution < 1.29 is 29.1 Å². The Labute approximate surface area is 151 Å². The Hall–Kier alpha value is -4.01. The predicted octanol–water partition coefficient (Wildman–Crippen LogP) is 2.71. The average Bonchev–Trinajstić information content (AvgIpc) is 2.61. The molecule has 27 heavy (non-hydrogen) atoms. The number of carbonyl (C=O) groups is 2. The molecular weight excluding hydrogens is 358 g/mol. The van der Waals surface area contributed by atoms with Crippen molar-refractivity contribution in [3.05, 3.63) is 86.3 Å². The van der Waals surface area contributed by atoms with Crippen LogP contribution in [-0.4, -0.2) is 27.1 Å². The first kappa shape index (κ1) is 19.3. The molecule has 0 spiro atoms. The summed E-state index contributed by atoms with van der Waals surface area (Å²) in [5, 5.41) is 27.9. The maximum Gasteiger partial charge on any atom is 0.351 e. The van der Waals surface area contributed by atoms with Crippen LogP contribution in [0.4, 0.5) is 5.69 Å². The van der Waals surface area contributed by atoms with E-state index < -0.39 is 22.5 Å². The van der Waals surface area contributed by atoms with Gasteiger partial charge in [-0.25, -0.2) is 9.59 Å². The van der Waals surface area contributed by atoms with E-state index in [2.05, 4.69) is 0 Å². The summed E-state index contributed by atoms with van der Waals surface area (Å²) < 4.78 is 4.82. The molecule has 0 unspecified atom stereocenters. The molecule has 9 heteroatoms. The zero-order valence-electron chi connectivity index (χ0n) is 13.7. The van der Waals surface area contributed by atoms with Crippen LogP contribution in [0.1, 0.15) is 15.9 Å². The van der Waals surface area contributed by atoms with E-state index in [-0.39, 0.29) is 17.7 Å². The van der Waals surface area contributed by atoms with Gasteiger partial charge in [0.15, 0.2) is 0 Å². The number of para-hydroxylation sites is 1. The Morgan fingerprint density at radius 1 is 1.04 bits per heavy atom. The summed E-state index contributed by atoms with van der Waals surface area (Å²) in [7, 11) is 0. The van der Waals surface area contributed by atoms with Gasteiger partial charge in [-0.1, -0.05) is 30.3 Å². The van der Waals surface area contributed by atoms with Gasteiger partial charge in [0, 0.05) is 17.5 Å². The summed E-state index contributed by atoms with van der Waals surface area (Å²) in [5.41, 5.74) is -0.255. The van der Waals surface area contributed by atoms with Crippen molar-refractivity contribution in [1.29, 1.82) is 0 Å². The standard InChI is InChI=1S/C10H6O4.C8H7NO4/c11-9(12)7-5-6-3-1-2-4-8(6)14-10(7)13;10-8(11)5-6-1-3-7(4-2-6)9(12)13/h1-5H,(H,11,12);1-4H,5H2,(H,10,11). The number of carboxylic acids is 2. The maximum absolute atomic E-state index is 11.1. The second kappa shape index (κ2) is 8.39. The van der Waals surface area contributed by atoms with E-state index in [0.717, 1.165) is 0 Å². The number of nitro groups is 1. The largest absolute Gasteiger partial charge is 0.481 e. The van der Waals surface area contributed by atoms with Crippen molar-refractivity contribution in [2.45, 2.75) is 6.42 Å². The smallest absolute Gasteiger partial charge is 0.351 e. The normalized spacial score (nSPS) is 9.93. The number of rotatable bonds is 4. The van der Waals surface area contributed by atoms with Crippen molar-refractivity contribution >= 4 is 28.6 Å². The number of aromatic carboxylic acids is 1. The van der Waals surface area contributed by atoms with Gasteiger partial charge in [0.05, 0.1) is 11.3 Å². The SMILES string of the molecule is O=C(O)Cc1ccc([N+](=O)[O-])cc1.O=C(O)c1cc2ccccc2oc1=O. The van der Waals surface area contributed by atoms with Crippen LogP contribution in [0.15, 0.2) is 63.8 Å². The lowest BCUT2D eigenvalue weighted by molar-refractivity contribution is -0.384. The number of hydrogen-bond acceptors (Lipinski definition) is 6. The molecule has 9 nitrogen and oxygen atoms in total. The molecule has 1 heterocycles. The van der Waals surface area contributed by atoms with Crippen LogP contribution in [0.5, 0.6) is 0 Å². The van der Waals surface area contributed by atoms with Crippen LogP contribution in [-0.2, 0) is 11.2 Å². The lowest BCUT2D eigenvalue weighted by Crippen LogP contribution is -2.12. The van der Waals surface area contributed by atoms with E-state index in [0.29, 0.717) is 16.5 Å². The lowest BCUT2D eigenvalue weighted by Gasteiger charge is -1.96. The number of nitrogens with zero attached hydrogens (tertiary/aromatic N) is 1. The molecule has 1 aromatic heterocycles. The Bertz CT molecular complexity index is 1050. The number of benzene rings is 2. The third-order valence-electron chi connectivity index (χ3n) is 3.37. The highest BCUT2D eigenvalue weighted by atomic mass is 16.6. The van der Waals surface area contributed by atoms with Crippen LogP contribution in [0.2, 0.25) is 0 Å². The van der Waals surface area contributed by atoms with E-state index in [4.69, 9.17) is 14.6 Å². The second-order valence-corrected chi connectivity index (χ2v) is 5.28. The minimum Gasteiger partial charge on any atom is -0.481 e. The zero-order valence-corrected chi connectivity index (χ0v) is 13.7. The third-order valence-corrected chi connectivity index (χ3v) is 3.37. The Balaban J connectivity index is 0.000000194. The summed E-state index contributed by atoms with van der Waals surface area (Å²) in [5.74, 6) is -2.22. The second-order valence-electron chi connectivity index (χ2n) is 5.28. The fourth-order valence-electron chi connectivity index (χ4n) is 2.12. The van der Waals surface area contributed by atoms with Gasteiger partial charge in [-0.05, 0) is 17.7 Å². The molecule has 2 N–H and O–H groups in total. The molecular formula is C18H13NO8. The average molecular weight is 371 g/mol. The van der Waals surface area contributed by atoms with E-state index in [1.54, 1.807) is 24.3 Å². The maximum atomic E-state index is 11.1. The van der Waals surface area contributed by atoms with E-state index >= 15 is 0 Å². The molecule has 3 aromatic rings. The van der Waals surface area contributed by atoms with Crippen molar-refractivity contribution in [2.75, 3.05) is 0 Å². The van der Waals surface area contributed by atoms with E-state index in [1.807, 2.05) is 0 Å². The van der Waals surface area contributed by atoms with Crippen molar-refractivity contribution in [1.82, 2.24) is 0 Å². The van der Waals surface area contributed by atoms with Gasteiger partial charge in [0.2, 0.25) is 0 Å². The van der Waals surface area contributed by atoms with Gasteiger partial charge < -0.3 is 14.6 Å². The van der Waals surface area contributed by atoms with Crippen LogP contribution >= 0.6 is 0 Å². The number of fused-ring (bicyclic) bond motifs is 1. The van der Waals surface area contributed by atoms with Gasteiger partial charge in [-0.2, -0.15) is 0 Å². The number of hydrogen-bond donors (Lipinski definition) is 2. The Kier molecular flexibility index (Phi) is 6.00. The van der Waals surface area contributed by atoms with Crippen LogP contribution in [0.3, 0.4) is 0 Å². The van der Waals surface area contributed by atoms with Crippen molar-refractivity contribution in [3.8, 4) is 0 Å². The van der Waals surface area contributed by atoms with Crippen molar-refractivity contribution in [3.63, 3.8) is 0 Å². The van der Waals surface area contributed by atoms with Gasteiger partial charge in [0.25, 0.3) is 5.69 Å². The van der Waals surface area contributed by atoms with Crippen molar-refractivity contribution in [2.24, 2.45) is 0 Å². The summed E-state index contributed by atoms with van der Waals surface area (Å²) in [6.45, 7) is 0. The molecule has 0 aliphatic rings. The number of non-ortho nitro benzene ring substituents is 1. The molecule has 0 atom stereocenters. The summed E-state index contributed by atoms with van der Waals surface area (Å²) in [4.78, 5) is 41.7. The molecule has 0 fully saturated rings. The molecule has 0 saturated carbocycles. The number of aliphatic carboxylic acids is 1. The van der Waals surface area contributed by atoms with Gasteiger partial charge in [-0.15, -0.1) is 0 Å². The van der Waals surface area contributed by atoms with E-state index in [1.165, 1.54) is 30.3 Å². The monoisotopic (exact) mass is 371 g/mol. The molecule has 3 rings (SSSR count). The topological polar surface area (TPSA) is 148 Å². The Morgan fingerprint density at radius 3 is 2.22 bits per heavy atom. The van der Waals surface area contributed by atoms with Crippen LogP contribution in [0.25, 0.3) is 11.0 Å². The predicted molar refractivity (Wildman–Crippen MR) is 93.9 cm³/mol. The Morgan fingerprint density at radius 2 is 1.67 bits per heavy atom. The fraction of sp³-hybridized carbons (Fsp3) is 0.0556. The molecule has 138 valence electrons. The van der Waals surface area contributed by atoms with Crippen LogP contribution < -0.4 is 5.63 Å². The molecule has 0 amide bonds. The summed E-state index contributed by atoms with van der Waals surface area (Å²) in [6.07, 6.45) is -0.113. The summed E-state index contributed by atoms with van der Waals surface area (Å²) in [6, 6.07) is 13.5. The molecule has 2 aromatic carbocycles. The molecule has 0 radical (unpaired) electrons. The summed E-state index contributed by atoms with van der Waals surface area (Å²) >= 11 is 0. The van der Waals surface area contributed by atoms with Crippen LogP contribution in [0, 0.1) is 10.1 Å². The number of nitro benzene ring substituents is 1.